The van der Waals surface area contributed by atoms with Crippen LogP contribution in [-0.2, 0) is 0 Å². The largest absolute Gasteiger partial charge is 0.294 e. The van der Waals surface area contributed by atoms with Crippen molar-refractivity contribution in [2.24, 2.45) is 11.8 Å². The maximum absolute atomic E-state index is 3.23. The lowest BCUT2D eigenvalue weighted by Crippen LogP contribution is -2.58. The maximum atomic E-state index is 3.23. The predicted octanol–water partition coefficient (Wildman–Crippen LogP) is 8.72. The van der Waals surface area contributed by atoms with Crippen LogP contribution in [0.4, 0.5) is 0 Å². The molecule has 2 heteroatoms. The molecule has 34 heavy (non-hydrogen) atoms. The highest BCUT2D eigenvalue weighted by Crippen LogP contribution is 2.41. The van der Waals surface area contributed by atoms with E-state index in [9.17, 15) is 0 Å². The van der Waals surface area contributed by atoms with Gasteiger partial charge in [-0.05, 0) is 82.5 Å². The van der Waals surface area contributed by atoms with Gasteiger partial charge in [0.15, 0.2) is 0 Å². The molecule has 5 aliphatic rings. The molecule has 0 aromatic rings. The molecule has 6 unspecified atom stereocenters. The SMILES string of the molecule is CC1CCCC(N(C2CCCCC2)C2CCCC(N(C3CCCCC3)C3CCCC(C)C3)C2)C1. The molecule has 2 nitrogen and oxygen atoms in total. The highest BCUT2D eigenvalue weighted by atomic mass is 15.3. The van der Waals surface area contributed by atoms with Crippen LogP contribution in [0.5, 0.6) is 0 Å². The normalized spacial score (nSPS) is 39.5. The van der Waals surface area contributed by atoms with Gasteiger partial charge in [0.25, 0.3) is 0 Å². The van der Waals surface area contributed by atoms with Crippen molar-refractivity contribution in [1.82, 2.24) is 9.80 Å². The van der Waals surface area contributed by atoms with Crippen LogP contribution in [0.15, 0.2) is 0 Å². The predicted molar refractivity (Wildman–Crippen MR) is 146 cm³/mol. The number of hydrogen-bond donors (Lipinski definition) is 0. The monoisotopic (exact) mass is 470 g/mol. The molecule has 0 spiro atoms. The van der Waals surface area contributed by atoms with Gasteiger partial charge in [0.1, 0.15) is 0 Å². The molecule has 6 atom stereocenters. The molecular weight excluding hydrogens is 412 g/mol. The van der Waals surface area contributed by atoms with Crippen LogP contribution in [0.1, 0.15) is 155 Å². The highest BCUT2D eigenvalue weighted by Gasteiger charge is 2.41. The Labute approximate surface area is 213 Å². The van der Waals surface area contributed by atoms with E-state index in [1.54, 1.807) is 0 Å². The molecule has 0 aromatic heterocycles. The van der Waals surface area contributed by atoms with Gasteiger partial charge in [0.05, 0.1) is 0 Å². The third-order valence-electron chi connectivity index (χ3n) is 11.1. The van der Waals surface area contributed by atoms with Crippen molar-refractivity contribution in [2.75, 3.05) is 0 Å². The summed E-state index contributed by atoms with van der Waals surface area (Å²) in [7, 11) is 0. The standard InChI is InChI=1S/C32H58N2/c1-25-12-9-18-29(22-25)33(27-14-5-3-6-15-27)31-20-11-21-32(24-31)34(28-16-7-4-8-17-28)30-19-10-13-26(2)23-30/h25-32H,3-24H2,1-2H3. The Morgan fingerprint density at radius 3 is 1.03 bits per heavy atom. The summed E-state index contributed by atoms with van der Waals surface area (Å²) in [5.41, 5.74) is 0. The number of nitrogens with zero attached hydrogens (tertiary/aromatic N) is 2. The topological polar surface area (TPSA) is 6.48 Å². The van der Waals surface area contributed by atoms with Gasteiger partial charge in [-0.2, -0.15) is 0 Å². The summed E-state index contributed by atoms with van der Waals surface area (Å²) in [4.78, 5) is 6.45. The molecule has 0 aliphatic heterocycles. The van der Waals surface area contributed by atoms with E-state index >= 15 is 0 Å². The fourth-order valence-electron chi connectivity index (χ4n) is 9.57. The van der Waals surface area contributed by atoms with Crippen LogP contribution in [0.2, 0.25) is 0 Å². The maximum Gasteiger partial charge on any atom is 0.0116 e. The first-order chi connectivity index (χ1) is 16.7. The molecule has 5 rings (SSSR count). The average molecular weight is 471 g/mol. The van der Waals surface area contributed by atoms with E-state index in [2.05, 4.69) is 23.6 Å². The van der Waals surface area contributed by atoms with Crippen LogP contribution >= 0.6 is 0 Å². The molecular formula is C32H58N2. The molecule has 0 aromatic carbocycles. The van der Waals surface area contributed by atoms with Gasteiger partial charge in [-0.25, -0.2) is 0 Å². The van der Waals surface area contributed by atoms with Gasteiger partial charge in [-0.1, -0.05) is 84.5 Å². The molecule has 0 amide bonds. The van der Waals surface area contributed by atoms with Gasteiger partial charge >= 0.3 is 0 Å². The summed E-state index contributed by atoms with van der Waals surface area (Å²) in [5.74, 6) is 1.90. The third kappa shape index (κ3) is 6.24. The lowest BCUT2D eigenvalue weighted by atomic mass is 9.78. The summed E-state index contributed by atoms with van der Waals surface area (Å²) in [6.45, 7) is 5.09. The molecule has 0 bridgehead atoms. The lowest BCUT2D eigenvalue weighted by Gasteiger charge is -2.53. The summed E-state index contributed by atoms with van der Waals surface area (Å²) in [5, 5.41) is 0. The first-order valence-corrected chi connectivity index (χ1v) is 16.2. The minimum atomic E-state index is 0.879. The van der Waals surface area contributed by atoms with Gasteiger partial charge < -0.3 is 0 Å². The van der Waals surface area contributed by atoms with Crippen LogP contribution in [-0.4, -0.2) is 46.1 Å². The van der Waals surface area contributed by atoms with Crippen LogP contribution in [0.3, 0.4) is 0 Å². The van der Waals surface area contributed by atoms with E-state index in [4.69, 9.17) is 0 Å². The number of rotatable bonds is 6. The van der Waals surface area contributed by atoms with Crippen LogP contribution < -0.4 is 0 Å². The lowest BCUT2D eigenvalue weighted by molar-refractivity contribution is -0.0331. The van der Waals surface area contributed by atoms with Crippen molar-refractivity contribution in [2.45, 2.75) is 191 Å². The minimum Gasteiger partial charge on any atom is -0.294 e. The minimum absolute atomic E-state index is 0.879. The second-order valence-corrected chi connectivity index (χ2v) is 13.8. The first-order valence-electron chi connectivity index (χ1n) is 16.2. The Morgan fingerprint density at radius 2 is 0.647 bits per heavy atom. The van der Waals surface area contributed by atoms with E-state index in [0.717, 1.165) is 48.1 Å². The molecule has 5 aliphatic carbocycles. The average Bonchev–Trinajstić information content (AvgIpc) is 2.86. The fraction of sp³-hybridized carbons (Fsp3) is 1.00. The summed E-state index contributed by atoms with van der Waals surface area (Å²) in [6, 6.07) is 5.37. The van der Waals surface area contributed by atoms with Gasteiger partial charge in [-0.3, -0.25) is 9.80 Å². The molecule has 0 radical (unpaired) electrons. The molecule has 0 heterocycles. The molecule has 5 saturated carbocycles. The molecule has 0 N–H and O–H groups in total. The Balaban J connectivity index is 1.35. The Kier molecular flexibility index (Phi) is 9.36. The summed E-state index contributed by atoms with van der Waals surface area (Å²) in [6.07, 6.45) is 32.9. The van der Waals surface area contributed by atoms with Gasteiger partial charge in [-0.15, -0.1) is 0 Å². The molecule has 5 fully saturated rings. The van der Waals surface area contributed by atoms with E-state index in [-0.39, 0.29) is 0 Å². The van der Waals surface area contributed by atoms with E-state index in [1.165, 1.54) is 141 Å². The van der Waals surface area contributed by atoms with Crippen molar-refractivity contribution >= 4 is 0 Å². The van der Waals surface area contributed by atoms with E-state index in [0.29, 0.717) is 0 Å². The van der Waals surface area contributed by atoms with Crippen molar-refractivity contribution < 1.29 is 0 Å². The van der Waals surface area contributed by atoms with Gasteiger partial charge in [0.2, 0.25) is 0 Å². The quantitative estimate of drug-likeness (QED) is 0.383. The molecule has 196 valence electrons. The Morgan fingerprint density at radius 1 is 0.324 bits per heavy atom. The third-order valence-corrected chi connectivity index (χ3v) is 11.1. The van der Waals surface area contributed by atoms with Crippen molar-refractivity contribution in [3.8, 4) is 0 Å². The second kappa shape index (κ2) is 12.4. The van der Waals surface area contributed by atoms with E-state index < -0.39 is 0 Å². The van der Waals surface area contributed by atoms with Crippen molar-refractivity contribution in [3.63, 3.8) is 0 Å². The van der Waals surface area contributed by atoms with Crippen molar-refractivity contribution in [3.05, 3.63) is 0 Å². The Hall–Kier alpha value is -0.0800. The zero-order valence-corrected chi connectivity index (χ0v) is 23.1. The zero-order chi connectivity index (χ0) is 23.3. The summed E-state index contributed by atoms with van der Waals surface area (Å²) < 4.78 is 0. The first kappa shape index (κ1) is 25.6. The Bertz CT molecular complexity index is 542. The number of hydrogen-bond acceptors (Lipinski definition) is 2. The summed E-state index contributed by atoms with van der Waals surface area (Å²) >= 11 is 0. The van der Waals surface area contributed by atoms with Crippen LogP contribution in [0, 0.1) is 11.8 Å². The van der Waals surface area contributed by atoms with Gasteiger partial charge in [0, 0.05) is 36.3 Å². The smallest absolute Gasteiger partial charge is 0.0116 e. The van der Waals surface area contributed by atoms with Crippen LogP contribution in [0.25, 0.3) is 0 Å². The highest BCUT2D eigenvalue weighted by molar-refractivity contribution is 4.97. The fourth-order valence-corrected chi connectivity index (χ4v) is 9.57. The van der Waals surface area contributed by atoms with Crippen molar-refractivity contribution in [1.29, 1.82) is 0 Å². The second-order valence-electron chi connectivity index (χ2n) is 13.8. The molecule has 0 saturated heterocycles. The van der Waals surface area contributed by atoms with E-state index in [1.807, 2.05) is 0 Å². The zero-order valence-electron chi connectivity index (χ0n) is 23.1.